The highest BCUT2D eigenvalue weighted by Crippen LogP contribution is 2.29. The lowest BCUT2D eigenvalue weighted by molar-refractivity contribution is 0.00299. The number of oxazole rings is 1. The Morgan fingerprint density at radius 1 is 1.40 bits per heavy atom. The number of rotatable bonds is 5. The van der Waals surface area contributed by atoms with E-state index in [9.17, 15) is 0 Å². The number of benzene rings is 1. The van der Waals surface area contributed by atoms with Crippen LogP contribution < -0.4 is 5.32 Å². The lowest BCUT2D eigenvalue weighted by atomic mass is 9.89. The van der Waals surface area contributed by atoms with E-state index in [2.05, 4.69) is 36.3 Å². The molecule has 1 N–H and O–H groups in total. The van der Waals surface area contributed by atoms with E-state index >= 15 is 0 Å². The molecule has 2 aromatic rings. The van der Waals surface area contributed by atoms with Gasteiger partial charge in [0.2, 0.25) is 0 Å². The van der Waals surface area contributed by atoms with Gasteiger partial charge >= 0.3 is 0 Å². The van der Waals surface area contributed by atoms with Crippen LogP contribution in [0, 0.1) is 0 Å². The second kappa shape index (κ2) is 5.44. The minimum atomic E-state index is 0.317. The van der Waals surface area contributed by atoms with Crippen LogP contribution in [-0.2, 0) is 4.74 Å². The van der Waals surface area contributed by atoms with Crippen molar-refractivity contribution in [3.8, 4) is 0 Å². The highest BCUT2D eigenvalue weighted by atomic mass is 16.5. The number of nitrogens with zero attached hydrogens (tertiary/aromatic N) is 1. The van der Waals surface area contributed by atoms with E-state index in [4.69, 9.17) is 9.15 Å². The van der Waals surface area contributed by atoms with Crippen molar-refractivity contribution in [2.24, 2.45) is 0 Å². The molecule has 3 rings (SSSR count). The minimum Gasteiger partial charge on any atom is -0.440 e. The highest BCUT2D eigenvalue weighted by molar-refractivity contribution is 5.77. The molecule has 1 saturated carbocycles. The number of anilines is 1. The first kappa shape index (κ1) is 13.4. The quantitative estimate of drug-likeness (QED) is 0.897. The van der Waals surface area contributed by atoms with E-state index in [1.165, 1.54) is 0 Å². The summed E-state index contributed by atoms with van der Waals surface area (Å²) in [7, 11) is 0. The molecular weight excluding hydrogens is 252 g/mol. The number of fused-ring (bicyclic) bond motifs is 1. The Morgan fingerprint density at radius 3 is 2.90 bits per heavy atom. The largest absolute Gasteiger partial charge is 0.440 e. The fourth-order valence-corrected chi connectivity index (χ4v) is 2.57. The summed E-state index contributed by atoms with van der Waals surface area (Å²) in [5, 5.41) is 3.54. The molecule has 108 valence electrons. The summed E-state index contributed by atoms with van der Waals surface area (Å²) in [6, 6.07) is 6.64. The topological polar surface area (TPSA) is 47.3 Å². The third-order valence-corrected chi connectivity index (χ3v) is 3.77. The van der Waals surface area contributed by atoms with E-state index < -0.39 is 0 Å². The lowest BCUT2D eigenvalue weighted by Crippen LogP contribution is -2.40. The second-order valence-corrected chi connectivity index (χ2v) is 5.78. The Labute approximate surface area is 119 Å². The molecule has 4 heteroatoms. The molecule has 20 heavy (non-hydrogen) atoms. The van der Waals surface area contributed by atoms with Gasteiger partial charge in [0.15, 0.2) is 11.5 Å². The third-order valence-electron chi connectivity index (χ3n) is 3.77. The van der Waals surface area contributed by atoms with Crippen molar-refractivity contribution < 1.29 is 9.15 Å². The molecule has 4 nitrogen and oxygen atoms in total. The second-order valence-electron chi connectivity index (χ2n) is 5.78. The van der Waals surface area contributed by atoms with Crippen LogP contribution in [0.25, 0.3) is 11.1 Å². The van der Waals surface area contributed by atoms with Crippen molar-refractivity contribution >= 4 is 16.8 Å². The zero-order valence-electron chi connectivity index (χ0n) is 12.3. The van der Waals surface area contributed by atoms with E-state index in [1.54, 1.807) is 0 Å². The number of nitrogens with one attached hydrogen (secondary N) is 1. The summed E-state index contributed by atoms with van der Waals surface area (Å²) in [4.78, 5) is 4.54. The Balaban J connectivity index is 1.67. The van der Waals surface area contributed by atoms with Crippen LogP contribution in [0.5, 0.6) is 0 Å². The first-order valence-corrected chi connectivity index (χ1v) is 7.44. The SMILES string of the molecule is CCOC1CC(Nc2ccc3oc(C(C)C)nc3c2)C1. The van der Waals surface area contributed by atoms with Crippen LogP contribution in [-0.4, -0.2) is 23.7 Å². The molecule has 1 fully saturated rings. The standard InChI is InChI=1S/C16H22N2O2/c1-4-19-13-7-12(8-13)17-11-5-6-15-14(9-11)18-16(20-15)10(2)3/h5-6,9-10,12-13,17H,4,7-8H2,1-3H3. The maximum Gasteiger partial charge on any atom is 0.198 e. The van der Waals surface area contributed by atoms with Gasteiger partial charge in [-0.2, -0.15) is 0 Å². The molecule has 0 radical (unpaired) electrons. The van der Waals surface area contributed by atoms with Gasteiger partial charge in [-0.05, 0) is 38.0 Å². The smallest absolute Gasteiger partial charge is 0.198 e. The number of hydrogen-bond acceptors (Lipinski definition) is 4. The average molecular weight is 274 g/mol. The minimum absolute atomic E-state index is 0.317. The van der Waals surface area contributed by atoms with Gasteiger partial charge in [0, 0.05) is 24.3 Å². The van der Waals surface area contributed by atoms with Crippen LogP contribution in [0.15, 0.2) is 22.6 Å². The average Bonchev–Trinajstić information content (AvgIpc) is 2.79. The Bertz CT molecular complexity index is 585. The van der Waals surface area contributed by atoms with E-state index in [0.717, 1.165) is 42.1 Å². The first-order valence-electron chi connectivity index (χ1n) is 7.44. The van der Waals surface area contributed by atoms with Gasteiger partial charge in [-0.15, -0.1) is 0 Å². The van der Waals surface area contributed by atoms with Crippen LogP contribution in [0.2, 0.25) is 0 Å². The molecule has 0 aliphatic heterocycles. The van der Waals surface area contributed by atoms with Crippen molar-refractivity contribution in [1.29, 1.82) is 0 Å². The Hall–Kier alpha value is -1.55. The lowest BCUT2D eigenvalue weighted by Gasteiger charge is -2.36. The Morgan fingerprint density at radius 2 is 2.20 bits per heavy atom. The Kier molecular flexibility index (Phi) is 3.66. The van der Waals surface area contributed by atoms with Gasteiger partial charge in [-0.25, -0.2) is 4.98 Å². The molecule has 1 heterocycles. The molecule has 1 aromatic heterocycles. The van der Waals surface area contributed by atoms with Gasteiger partial charge in [0.05, 0.1) is 6.10 Å². The maximum atomic E-state index is 5.72. The van der Waals surface area contributed by atoms with Crippen molar-refractivity contribution in [2.45, 2.75) is 51.7 Å². The van der Waals surface area contributed by atoms with Crippen LogP contribution in [0.3, 0.4) is 0 Å². The normalized spacial score (nSPS) is 22.2. The molecule has 0 unspecified atom stereocenters. The van der Waals surface area contributed by atoms with Gasteiger partial charge < -0.3 is 14.5 Å². The molecular formula is C16H22N2O2. The molecule has 1 aromatic carbocycles. The third kappa shape index (κ3) is 2.66. The number of aromatic nitrogens is 1. The molecule has 1 aliphatic rings. The summed E-state index contributed by atoms with van der Waals surface area (Å²) in [6.07, 6.45) is 2.60. The monoisotopic (exact) mass is 274 g/mol. The summed E-state index contributed by atoms with van der Waals surface area (Å²) in [6.45, 7) is 7.03. The van der Waals surface area contributed by atoms with Crippen molar-refractivity contribution in [2.75, 3.05) is 11.9 Å². The van der Waals surface area contributed by atoms with Crippen LogP contribution in [0.4, 0.5) is 5.69 Å². The first-order chi connectivity index (χ1) is 9.65. The molecule has 0 bridgehead atoms. The molecule has 0 amide bonds. The predicted molar refractivity (Wildman–Crippen MR) is 80.2 cm³/mol. The van der Waals surface area contributed by atoms with Crippen molar-refractivity contribution in [3.05, 3.63) is 24.1 Å². The van der Waals surface area contributed by atoms with E-state index in [0.29, 0.717) is 18.1 Å². The van der Waals surface area contributed by atoms with Crippen LogP contribution in [0.1, 0.15) is 45.4 Å². The zero-order chi connectivity index (χ0) is 14.1. The van der Waals surface area contributed by atoms with E-state index in [-0.39, 0.29) is 0 Å². The summed E-state index contributed by atoms with van der Waals surface area (Å²) in [5.41, 5.74) is 2.90. The van der Waals surface area contributed by atoms with Gasteiger partial charge in [-0.3, -0.25) is 0 Å². The summed E-state index contributed by atoms with van der Waals surface area (Å²) >= 11 is 0. The number of ether oxygens (including phenoxy) is 1. The maximum absolute atomic E-state index is 5.72. The summed E-state index contributed by atoms with van der Waals surface area (Å²) < 4.78 is 11.3. The van der Waals surface area contributed by atoms with Gasteiger partial charge in [-0.1, -0.05) is 13.8 Å². The fraction of sp³-hybridized carbons (Fsp3) is 0.562. The predicted octanol–water partition coefficient (Wildman–Crippen LogP) is 3.93. The van der Waals surface area contributed by atoms with Crippen molar-refractivity contribution in [1.82, 2.24) is 4.98 Å². The van der Waals surface area contributed by atoms with Crippen molar-refractivity contribution in [3.63, 3.8) is 0 Å². The molecule has 0 saturated heterocycles. The zero-order valence-corrected chi connectivity index (χ0v) is 12.3. The number of hydrogen-bond donors (Lipinski definition) is 1. The molecule has 0 spiro atoms. The van der Waals surface area contributed by atoms with Gasteiger partial charge in [0.1, 0.15) is 5.52 Å². The van der Waals surface area contributed by atoms with E-state index in [1.807, 2.05) is 13.0 Å². The summed E-state index contributed by atoms with van der Waals surface area (Å²) in [5.74, 6) is 1.12. The fourth-order valence-electron chi connectivity index (χ4n) is 2.57. The van der Waals surface area contributed by atoms with Crippen LogP contribution >= 0.6 is 0 Å². The highest BCUT2D eigenvalue weighted by Gasteiger charge is 2.29. The molecule has 0 atom stereocenters. The van der Waals surface area contributed by atoms with Gasteiger partial charge in [0.25, 0.3) is 0 Å². The molecule has 1 aliphatic carbocycles.